The highest BCUT2D eigenvalue weighted by Gasteiger charge is 2.37. The van der Waals surface area contributed by atoms with E-state index in [9.17, 15) is 0 Å². The Kier molecular flexibility index (Phi) is 6.73. The van der Waals surface area contributed by atoms with E-state index in [2.05, 4.69) is 103 Å². The van der Waals surface area contributed by atoms with Crippen molar-refractivity contribution in [2.45, 2.75) is 19.3 Å². The summed E-state index contributed by atoms with van der Waals surface area (Å²) < 4.78 is 2.35. The second-order valence-electron chi connectivity index (χ2n) is 13.8. The third kappa shape index (κ3) is 4.76. The van der Waals surface area contributed by atoms with Gasteiger partial charge in [0.1, 0.15) is 11.0 Å². The van der Waals surface area contributed by atoms with Gasteiger partial charge in [-0.2, -0.15) is 0 Å². The fraction of sp³-hybridized carbons (Fsp3) is 0.0652. The zero-order chi connectivity index (χ0) is 34.8. The summed E-state index contributed by atoms with van der Waals surface area (Å²) in [6.45, 7) is 4.61. The molecule has 6 heteroatoms. The van der Waals surface area contributed by atoms with Gasteiger partial charge < -0.3 is 4.57 Å². The van der Waals surface area contributed by atoms with E-state index in [4.69, 9.17) is 24.9 Å². The lowest BCUT2D eigenvalue weighted by atomic mass is 9.74. The van der Waals surface area contributed by atoms with Gasteiger partial charge in [0, 0.05) is 33.2 Å². The predicted molar refractivity (Wildman–Crippen MR) is 209 cm³/mol. The molecule has 0 fully saturated rings. The molecule has 5 heterocycles. The minimum atomic E-state index is -0.389. The molecule has 0 bridgehead atoms. The third-order valence-corrected chi connectivity index (χ3v) is 10.2. The van der Waals surface area contributed by atoms with E-state index in [0.29, 0.717) is 17.5 Å². The van der Waals surface area contributed by atoms with Crippen molar-refractivity contribution >= 4 is 22.1 Å². The lowest BCUT2D eigenvalue weighted by Crippen LogP contribution is -2.26. The lowest BCUT2D eigenvalue weighted by Gasteiger charge is -2.35. The SMILES string of the molecule is CC1(C)c2cc(-c3nc(-c4ccccc4)nc(-c4ccccc4)n3)ccc2-n2c3ccc(-c4ccccc4)nc3c3nc(-c4ccccc4)cc1c32. The number of hydrogen-bond donors (Lipinski definition) is 0. The van der Waals surface area contributed by atoms with Crippen LogP contribution in [0.5, 0.6) is 0 Å². The van der Waals surface area contributed by atoms with Crippen LogP contribution in [0.15, 0.2) is 158 Å². The van der Waals surface area contributed by atoms with Crippen molar-refractivity contribution in [2.24, 2.45) is 0 Å². The predicted octanol–water partition coefficient (Wildman–Crippen LogP) is 10.7. The number of hydrogen-bond acceptors (Lipinski definition) is 5. The maximum Gasteiger partial charge on any atom is 0.164 e. The Morgan fingerprint density at radius 1 is 0.404 bits per heavy atom. The molecule has 0 saturated carbocycles. The molecule has 6 nitrogen and oxygen atoms in total. The largest absolute Gasteiger partial charge is 0.305 e. The molecule has 0 radical (unpaired) electrons. The van der Waals surface area contributed by atoms with Crippen molar-refractivity contribution in [3.05, 3.63) is 169 Å². The minimum Gasteiger partial charge on any atom is -0.305 e. The molecular formula is C46H32N6. The van der Waals surface area contributed by atoms with Crippen LogP contribution in [0, 0.1) is 0 Å². The van der Waals surface area contributed by atoms with E-state index in [1.807, 2.05) is 72.8 Å². The van der Waals surface area contributed by atoms with Gasteiger partial charge in [0.2, 0.25) is 0 Å². The second-order valence-corrected chi connectivity index (χ2v) is 13.8. The summed E-state index contributed by atoms with van der Waals surface area (Å²) in [4.78, 5) is 25.7. The Bertz CT molecular complexity index is 2730. The fourth-order valence-electron chi connectivity index (χ4n) is 7.56. The summed E-state index contributed by atoms with van der Waals surface area (Å²) in [6.07, 6.45) is 0. The quantitative estimate of drug-likeness (QED) is 0.183. The Balaban J connectivity index is 1.22. The highest BCUT2D eigenvalue weighted by atomic mass is 15.1. The first-order valence-corrected chi connectivity index (χ1v) is 17.5. The monoisotopic (exact) mass is 668 g/mol. The maximum absolute atomic E-state index is 5.34. The molecular weight excluding hydrogens is 637 g/mol. The Morgan fingerprint density at radius 2 is 0.904 bits per heavy atom. The number of aromatic nitrogens is 6. The number of nitrogens with zero attached hydrogens (tertiary/aromatic N) is 6. The van der Waals surface area contributed by atoms with Crippen LogP contribution in [0.25, 0.3) is 84.4 Å². The van der Waals surface area contributed by atoms with Crippen LogP contribution >= 0.6 is 0 Å². The standard InChI is InChI=1S/C46H32N6/c1-46(2)34-27-33(45-50-43(31-19-11-5-12-20-31)49-44(51-45)32-21-13-6-14-22-32)23-25-38(34)52-39-26-24-36(29-15-7-3-8-16-29)47-40(39)41-42(52)35(46)28-37(48-41)30-17-9-4-10-18-30/h3-28H,1-2H3. The molecule has 1 aliphatic heterocycles. The lowest BCUT2D eigenvalue weighted by molar-refractivity contribution is 0.630. The summed E-state index contributed by atoms with van der Waals surface area (Å²) in [5, 5.41) is 0. The molecule has 0 amide bonds. The molecule has 52 heavy (non-hydrogen) atoms. The van der Waals surface area contributed by atoms with Crippen LogP contribution in [0.2, 0.25) is 0 Å². The number of benzene rings is 5. The smallest absolute Gasteiger partial charge is 0.164 e. The van der Waals surface area contributed by atoms with E-state index in [1.165, 1.54) is 11.1 Å². The van der Waals surface area contributed by atoms with Gasteiger partial charge in [0.25, 0.3) is 0 Å². The minimum absolute atomic E-state index is 0.389. The Morgan fingerprint density at radius 3 is 1.48 bits per heavy atom. The maximum atomic E-state index is 5.34. The normalized spacial score (nSPS) is 13.0. The number of rotatable bonds is 5. The van der Waals surface area contributed by atoms with Crippen molar-refractivity contribution in [1.29, 1.82) is 0 Å². The van der Waals surface area contributed by atoms with Gasteiger partial charge >= 0.3 is 0 Å². The van der Waals surface area contributed by atoms with Gasteiger partial charge in [-0.25, -0.2) is 24.9 Å². The van der Waals surface area contributed by atoms with Gasteiger partial charge in [-0.15, -0.1) is 0 Å². The number of pyridine rings is 2. The van der Waals surface area contributed by atoms with Crippen LogP contribution in [0.4, 0.5) is 0 Å². The zero-order valence-electron chi connectivity index (χ0n) is 28.7. The van der Waals surface area contributed by atoms with Crippen molar-refractivity contribution in [1.82, 2.24) is 29.5 Å². The summed E-state index contributed by atoms with van der Waals surface area (Å²) in [7, 11) is 0. The van der Waals surface area contributed by atoms with Crippen LogP contribution in [-0.4, -0.2) is 29.5 Å². The van der Waals surface area contributed by atoms with Gasteiger partial charge in [-0.1, -0.05) is 135 Å². The van der Waals surface area contributed by atoms with Gasteiger partial charge in [-0.3, -0.25) is 0 Å². The van der Waals surface area contributed by atoms with Crippen LogP contribution in [0.1, 0.15) is 25.0 Å². The molecule has 0 spiro atoms. The average molecular weight is 669 g/mol. The van der Waals surface area contributed by atoms with Crippen LogP contribution < -0.4 is 0 Å². The molecule has 0 saturated heterocycles. The van der Waals surface area contributed by atoms with Gasteiger partial charge in [-0.05, 0) is 47.5 Å². The summed E-state index contributed by atoms with van der Waals surface area (Å²) in [5.41, 5.74) is 13.8. The average Bonchev–Trinajstić information content (AvgIpc) is 3.54. The first kappa shape index (κ1) is 30.1. The molecule has 10 rings (SSSR count). The number of fused-ring (bicyclic) bond motifs is 5. The second kappa shape index (κ2) is 11.6. The first-order chi connectivity index (χ1) is 25.5. The molecule has 4 aromatic heterocycles. The topological polar surface area (TPSA) is 69.4 Å². The van der Waals surface area contributed by atoms with Gasteiger partial charge in [0.15, 0.2) is 17.5 Å². The molecule has 0 aliphatic carbocycles. The Labute approximate surface area is 301 Å². The summed E-state index contributed by atoms with van der Waals surface area (Å²) in [6, 6.07) is 54.2. The molecule has 9 aromatic rings. The van der Waals surface area contributed by atoms with Crippen LogP contribution in [0.3, 0.4) is 0 Å². The van der Waals surface area contributed by atoms with E-state index in [-0.39, 0.29) is 5.41 Å². The summed E-state index contributed by atoms with van der Waals surface area (Å²) in [5.74, 6) is 1.92. The molecule has 1 aliphatic rings. The van der Waals surface area contributed by atoms with Crippen molar-refractivity contribution in [2.75, 3.05) is 0 Å². The third-order valence-electron chi connectivity index (χ3n) is 10.2. The zero-order valence-corrected chi connectivity index (χ0v) is 28.7. The van der Waals surface area contributed by atoms with Crippen molar-refractivity contribution in [3.8, 4) is 62.4 Å². The highest BCUT2D eigenvalue weighted by Crippen LogP contribution is 2.49. The van der Waals surface area contributed by atoms with Crippen molar-refractivity contribution < 1.29 is 0 Å². The van der Waals surface area contributed by atoms with Crippen LogP contribution in [-0.2, 0) is 5.41 Å². The summed E-state index contributed by atoms with van der Waals surface area (Å²) >= 11 is 0. The van der Waals surface area contributed by atoms with E-state index >= 15 is 0 Å². The molecule has 0 unspecified atom stereocenters. The molecule has 246 valence electrons. The van der Waals surface area contributed by atoms with Crippen molar-refractivity contribution in [3.63, 3.8) is 0 Å². The Hall–Kier alpha value is -6.79. The fourth-order valence-corrected chi connectivity index (χ4v) is 7.56. The van der Waals surface area contributed by atoms with Gasteiger partial charge in [0.05, 0.1) is 28.1 Å². The van der Waals surface area contributed by atoms with E-state index in [0.717, 1.165) is 67.0 Å². The highest BCUT2D eigenvalue weighted by molar-refractivity contribution is 6.09. The first-order valence-electron chi connectivity index (χ1n) is 17.5. The molecule has 0 N–H and O–H groups in total. The molecule has 5 aromatic carbocycles. The molecule has 0 atom stereocenters. The van der Waals surface area contributed by atoms with E-state index in [1.54, 1.807) is 0 Å². The van der Waals surface area contributed by atoms with E-state index < -0.39 is 0 Å².